The zero-order valence-electron chi connectivity index (χ0n) is 8.42. The molecule has 0 heterocycles. The molecule has 1 aliphatic rings. The third-order valence-corrected chi connectivity index (χ3v) is 5.16. The molecule has 0 fully saturated rings. The van der Waals surface area contributed by atoms with E-state index in [1.165, 1.54) is 0 Å². The van der Waals surface area contributed by atoms with E-state index in [1.807, 2.05) is 0 Å². The fourth-order valence-corrected chi connectivity index (χ4v) is 3.72. The van der Waals surface area contributed by atoms with Crippen LogP contribution in [0.5, 0.6) is 0 Å². The van der Waals surface area contributed by atoms with Crippen LogP contribution in [0.2, 0.25) is 30.1 Å². The topological polar surface area (TPSA) is 0 Å². The summed E-state index contributed by atoms with van der Waals surface area (Å²) in [5.74, 6) is 0. The summed E-state index contributed by atoms with van der Waals surface area (Å²) < 4.78 is 0. The van der Waals surface area contributed by atoms with Gasteiger partial charge in [0.15, 0.2) is 0 Å². The number of hydrogen-bond acceptors (Lipinski definition) is 0. The first-order valence-corrected chi connectivity index (χ1v) is 7.06. The monoisotopic (exact) mass is 356 g/mol. The minimum Gasteiger partial charge on any atom is -0.0843 e. The van der Waals surface area contributed by atoms with E-state index in [0.29, 0.717) is 20.1 Å². The Morgan fingerprint density at radius 3 is 1.72 bits per heavy atom. The van der Waals surface area contributed by atoms with Crippen molar-refractivity contribution in [3.8, 4) is 22.3 Å². The number of halogens is 6. The zero-order valence-corrected chi connectivity index (χ0v) is 13.0. The molecule has 0 saturated carbocycles. The minimum atomic E-state index is 0.235. The minimum absolute atomic E-state index is 0.235. The van der Waals surface area contributed by atoms with Gasteiger partial charge in [0, 0.05) is 21.7 Å². The molecule has 0 bridgehead atoms. The second-order valence-electron chi connectivity index (χ2n) is 3.82. The van der Waals surface area contributed by atoms with E-state index in [4.69, 9.17) is 69.6 Å². The summed E-state index contributed by atoms with van der Waals surface area (Å²) in [5.41, 5.74) is 3.12. The fraction of sp³-hybridized carbons (Fsp3) is 0. The Morgan fingerprint density at radius 1 is 0.556 bits per heavy atom. The second kappa shape index (κ2) is 4.34. The van der Waals surface area contributed by atoms with Gasteiger partial charge < -0.3 is 0 Å². The van der Waals surface area contributed by atoms with E-state index >= 15 is 0 Å². The Hall–Kier alpha value is 0.180. The van der Waals surface area contributed by atoms with Crippen molar-refractivity contribution in [1.29, 1.82) is 0 Å². The van der Waals surface area contributed by atoms with Gasteiger partial charge in [-0.25, -0.2) is 0 Å². The van der Waals surface area contributed by atoms with Crippen LogP contribution >= 0.6 is 69.6 Å². The maximum atomic E-state index is 6.18. The molecular formula is C12H2Cl6. The average molecular weight is 359 g/mol. The molecule has 92 valence electrons. The van der Waals surface area contributed by atoms with E-state index < -0.39 is 0 Å². The highest BCUT2D eigenvalue weighted by Crippen LogP contribution is 2.60. The van der Waals surface area contributed by atoms with Gasteiger partial charge in [0.05, 0.1) is 25.1 Å². The number of benzene rings is 2. The highest BCUT2D eigenvalue weighted by Gasteiger charge is 2.33. The summed E-state index contributed by atoms with van der Waals surface area (Å²) in [4.78, 5) is 0. The van der Waals surface area contributed by atoms with Crippen LogP contribution in [0.15, 0.2) is 12.1 Å². The molecule has 0 saturated heterocycles. The van der Waals surface area contributed by atoms with E-state index in [-0.39, 0.29) is 10.0 Å². The molecule has 0 atom stereocenters. The average Bonchev–Trinajstić information content (AvgIpc) is 2.28. The highest BCUT2D eigenvalue weighted by atomic mass is 35.5. The van der Waals surface area contributed by atoms with E-state index in [1.54, 1.807) is 12.1 Å². The molecule has 2 aromatic rings. The summed E-state index contributed by atoms with van der Waals surface area (Å²) in [7, 11) is 0. The summed E-state index contributed by atoms with van der Waals surface area (Å²) >= 11 is 36.5. The third-order valence-electron chi connectivity index (χ3n) is 2.84. The van der Waals surface area contributed by atoms with Crippen molar-refractivity contribution in [2.24, 2.45) is 0 Å². The van der Waals surface area contributed by atoms with E-state index in [9.17, 15) is 0 Å². The van der Waals surface area contributed by atoms with Crippen molar-refractivity contribution in [3.63, 3.8) is 0 Å². The van der Waals surface area contributed by atoms with Gasteiger partial charge in [-0.15, -0.1) is 0 Å². The van der Waals surface area contributed by atoms with Gasteiger partial charge in [-0.05, 0) is 17.7 Å². The molecule has 0 amide bonds. The van der Waals surface area contributed by atoms with Crippen molar-refractivity contribution >= 4 is 69.6 Å². The molecule has 3 rings (SSSR count). The van der Waals surface area contributed by atoms with Gasteiger partial charge in [0.25, 0.3) is 0 Å². The lowest BCUT2D eigenvalue weighted by Crippen LogP contribution is -2.03. The van der Waals surface area contributed by atoms with Crippen LogP contribution in [0.3, 0.4) is 0 Å². The van der Waals surface area contributed by atoms with Crippen LogP contribution < -0.4 is 0 Å². The Bertz CT molecular complexity index is 705. The molecule has 1 aliphatic carbocycles. The van der Waals surface area contributed by atoms with Crippen molar-refractivity contribution < 1.29 is 0 Å². The molecule has 0 unspecified atom stereocenters. The van der Waals surface area contributed by atoms with Crippen LogP contribution in [-0.4, -0.2) is 0 Å². The van der Waals surface area contributed by atoms with Crippen molar-refractivity contribution in [2.75, 3.05) is 0 Å². The lowest BCUT2D eigenvalue weighted by Gasteiger charge is -2.28. The molecule has 0 radical (unpaired) electrons. The van der Waals surface area contributed by atoms with Crippen molar-refractivity contribution in [3.05, 3.63) is 42.3 Å². The molecule has 0 spiro atoms. The Balaban J connectivity index is 2.42. The lowest BCUT2D eigenvalue weighted by atomic mass is 9.80. The normalized spacial score (nSPS) is 11.9. The Labute approximate surface area is 133 Å². The summed E-state index contributed by atoms with van der Waals surface area (Å²) in [6.07, 6.45) is 0. The molecule has 18 heavy (non-hydrogen) atoms. The van der Waals surface area contributed by atoms with Gasteiger partial charge in [0.1, 0.15) is 0 Å². The Morgan fingerprint density at radius 2 is 1.11 bits per heavy atom. The van der Waals surface area contributed by atoms with Crippen LogP contribution in [0.25, 0.3) is 22.3 Å². The summed E-state index contributed by atoms with van der Waals surface area (Å²) in [6, 6.07) is 3.43. The van der Waals surface area contributed by atoms with Crippen LogP contribution in [0, 0.1) is 0 Å². The van der Waals surface area contributed by atoms with Gasteiger partial charge >= 0.3 is 0 Å². The molecule has 2 aromatic carbocycles. The zero-order chi connectivity index (χ0) is 13.2. The van der Waals surface area contributed by atoms with Crippen LogP contribution in [0.4, 0.5) is 0 Å². The number of hydrogen-bond donors (Lipinski definition) is 0. The molecule has 6 heteroatoms. The van der Waals surface area contributed by atoms with Crippen molar-refractivity contribution in [1.82, 2.24) is 0 Å². The van der Waals surface area contributed by atoms with E-state index in [0.717, 1.165) is 22.3 Å². The van der Waals surface area contributed by atoms with Crippen LogP contribution in [-0.2, 0) is 0 Å². The second-order valence-corrected chi connectivity index (χ2v) is 6.17. The Kier molecular flexibility index (Phi) is 3.18. The third kappa shape index (κ3) is 1.61. The smallest absolute Gasteiger partial charge is 0.0800 e. The molecule has 0 N–H and O–H groups in total. The van der Waals surface area contributed by atoms with Gasteiger partial charge in [-0.1, -0.05) is 69.6 Å². The van der Waals surface area contributed by atoms with Gasteiger partial charge in [0.2, 0.25) is 0 Å². The van der Waals surface area contributed by atoms with E-state index in [2.05, 4.69) is 0 Å². The molecule has 0 aliphatic heterocycles. The maximum Gasteiger partial charge on any atom is 0.0800 e. The highest BCUT2D eigenvalue weighted by molar-refractivity contribution is 6.55. The first-order valence-electron chi connectivity index (χ1n) is 4.79. The largest absolute Gasteiger partial charge is 0.0843 e. The number of rotatable bonds is 0. The lowest BCUT2D eigenvalue weighted by molar-refractivity contribution is 1.52. The standard InChI is InChI=1S/C12H2Cl6/c13-3-1-4-6(5(14)2-3)8-7(4)9(15)11(17)12(18)10(8)16/h1-2H. The molecule has 0 aromatic heterocycles. The SMILES string of the molecule is Clc1cc(Cl)c2c(c1)-c1c(Cl)c(Cl)c(Cl)c(Cl)c1-2. The van der Waals surface area contributed by atoms with Crippen LogP contribution in [0.1, 0.15) is 0 Å². The van der Waals surface area contributed by atoms with Crippen molar-refractivity contribution in [2.45, 2.75) is 0 Å². The first-order chi connectivity index (χ1) is 8.43. The maximum absolute atomic E-state index is 6.18. The first kappa shape index (κ1) is 13.2. The fourth-order valence-electron chi connectivity index (χ4n) is 2.08. The predicted molar refractivity (Wildman–Crippen MR) is 80.9 cm³/mol. The van der Waals surface area contributed by atoms with Gasteiger partial charge in [-0.3, -0.25) is 0 Å². The van der Waals surface area contributed by atoms with Gasteiger partial charge in [-0.2, -0.15) is 0 Å². The number of fused-ring (bicyclic) bond motifs is 4. The molecule has 0 nitrogen and oxygen atoms in total. The quantitative estimate of drug-likeness (QED) is 0.293. The summed E-state index contributed by atoms with van der Waals surface area (Å²) in [6.45, 7) is 0. The molecular weight excluding hydrogens is 357 g/mol. The summed E-state index contributed by atoms with van der Waals surface area (Å²) in [5, 5.41) is 2.25. The predicted octanol–water partition coefficient (Wildman–Crippen LogP) is 7.25.